The topological polar surface area (TPSA) is 8.17 Å². The number of hydrogen-bond acceptors (Lipinski definition) is 1. The van der Waals surface area contributed by atoms with Gasteiger partial charge in [-0.1, -0.05) is 118 Å². The number of fused-ring (bicyclic) bond motifs is 6. The Labute approximate surface area is 272 Å². The first-order chi connectivity index (χ1) is 22.7. The van der Waals surface area contributed by atoms with E-state index in [0.717, 1.165) is 17.8 Å². The predicted molar refractivity (Wildman–Crippen MR) is 196 cm³/mol. The lowest BCUT2D eigenvalue weighted by Crippen LogP contribution is -2.25. The van der Waals surface area contributed by atoms with Gasteiger partial charge in [-0.05, 0) is 95.8 Å². The highest BCUT2D eigenvalue weighted by Crippen LogP contribution is 2.55. The van der Waals surface area contributed by atoms with Crippen LogP contribution in [0.4, 0.5) is 17.1 Å². The molecule has 226 valence electrons. The van der Waals surface area contributed by atoms with Crippen LogP contribution in [0.2, 0.25) is 0 Å². The van der Waals surface area contributed by atoms with E-state index in [2.05, 4.69) is 169 Å². The van der Waals surface area contributed by atoms with Crippen LogP contribution in [0.3, 0.4) is 0 Å². The van der Waals surface area contributed by atoms with E-state index < -0.39 is 0 Å². The second-order valence-electron chi connectivity index (χ2n) is 12.8. The van der Waals surface area contributed by atoms with Crippen molar-refractivity contribution in [2.45, 2.75) is 51.4 Å². The third-order valence-corrected chi connectivity index (χ3v) is 10.1. The molecule has 0 fully saturated rings. The maximum atomic E-state index is 2.51. The molecule has 1 aromatic heterocycles. The number of unbranched alkanes of at least 4 members (excludes halogenated alkanes) is 1. The summed E-state index contributed by atoms with van der Waals surface area (Å²) >= 11 is 0. The molecule has 0 aliphatic heterocycles. The van der Waals surface area contributed by atoms with Gasteiger partial charge in [0, 0.05) is 38.9 Å². The SMILES string of the molecule is CCCCC1(CCC)c2ccccc2-c2ccc(N(c3ccccc3)c3ccc(-n4c5ccccc5c5ccccc54)cc3)cc21. The van der Waals surface area contributed by atoms with Crippen LogP contribution in [-0.2, 0) is 5.41 Å². The first kappa shape index (κ1) is 28.4. The summed E-state index contributed by atoms with van der Waals surface area (Å²) in [5.41, 5.74) is 13.0. The molecule has 1 unspecified atom stereocenters. The first-order valence-corrected chi connectivity index (χ1v) is 16.9. The quantitative estimate of drug-likeness (QED) is 0.161. The summed E-state index contributed by atoms with van der Waals surface area (Å²) in [5.74, 6) is 0. The highest BCUT2D eigenvalue weighted by Gasteiger charge is 2.42. The predicted octanol–water partition coefficient (Wildman–Crippen LogP) is 12.5. The van der Waals surface area contributed by atoms with Gasteiger partial charge in [0.2, 0.25) is 0 Å². The van der Waals surface area contributed by atoms with Gasteiger partial charge in [-0.2, -0.15) is 0 Å². The maximum Gasteiger partial charge on any atom is 0.0541 e. The molecule has 0 saturated heterocycles. The Morgan fingerprint density at radius 3 is 1.78 bits per heavy atom. The summed E-state index contributed by atoms with van der Waals surface area (Å²) in [7, 11) is 0. The van der Waals surface area contributed by atoms with Gasteiger partial charge in [-0.3, -0.25) is 0 Å². The molecule has 2 heteroatoms. The molecule has 0 saturated carbocycles. The molecule has 1 aliphatic rings. The van der Waals surface area contributed by atoms with Gasteiger partial charge in [-0.25, -0.2) is 0 Å². The van der Waals surface area contributed by atoms with Crippen molar-refractivity contribution in [2.24, 2.45) is 0 Å². The molecule has 1 atom stereocenters. The van der Waals surface area contributed by atoms with E-state index in [-0.39, 0.29) is 5.41 Å². The van der Waals surface area contributed by atoms with Gasteiger partial charge in [0.15, 0.2) is 0 Å². The van der Waals surface area contributed by atoms with Crippen molar-refractivity contribution in [1.29, 1.82) is 0 Å². The Kier molecular flexibility index (Phi) is 7.22. The first-order valence-electron chi connectivity index (χ1n) is 16.9. The van der Waals surface area contributed by atoms with E-state index in [1.165, 1.54) is 81.1 Å². The zero-order valence-electron chi connectivity index (χ0n) is 26.8. The highest BCUT2D eigenvalue weighted by molar-refractivity contribution is 6.09. The van der Waals surface area contributed by atoms with E-state index in [0.29, 0.717) is 0 Å². The van der Waals surface area contributed by atoms with Crippen molar-refractivity contribution in [3.8, 4) is 16.8 Å². The van der Waals surface area contributed by atoms with Crippen LogP contribution < -0.4 is 4.90 Å². The molecule has 7 aromatic rings. The highest BCUT2D eigenvalue weighted by atomic mass is 15.1. The molecule has 0 bridgehead atoms. The monoisotopic (exact) mass is 596 g/mol. The normalized spacial score (nSPS) is 15.3. The summed E-state index contributed by atoms with van der Waals surface area (Å²) in [6, 6.07) is 53.7. The summed E-state index contributed by atoms with van der Waals surface area (Å²) in [4.78, 5) is 2.43. The van der Waals surface area contributed by atoms with Gasteiger partial charge < -0.3 is 9.47 Å². The minimum Gasteiger partial charge on any atom is -0.310 e. The zero-order valence-corrected chi connectivity index (χ0v) is 26.8. The fourth-order valence-electron chi connectivity index (χ4n) is 8.13. The van der Waals surface area contributed by atoms with E-state index in [9.17, 15) is 0 Å². The van der Waals surface area contributed by atoms with Gasteiger partial charge >= 0.3 is 0 Å². The van der Waals surface area contributed by atoms with Crippen LogP contribution >= 0.6 is 0 Å². The third kappa shape index (κ3) is 4.47. The molecule has 8 rings (SSSR count). The van der Waals surface area contributed by atoms with Crippen molar-refractivity contribution < 1.29 is 0 Å². The number of rotatable bonds is 9. The van der Waals surface area contributed by atoms with Crippen molar-refractivity contribution in [3.63, 3.8) is 0 Å². The van der Waals surface area contributed by atoms with Crippen LogP contribution in [-0.4, -0.2) is 4.57 Å². The third-order valence-electron chi connectivity index (χ3n) is 10.1. The molecule has 0 spiro atoms. The minimum absolute atomic E-state index is 0.0510. The molecular formula is C44H40N2. The second-order valence-corrected chi connectivity index (χ2v) is 12.8. The Balaban J connectivity index is 1.27. The molecule has 0 N–H and O–H groups in total. The Morgan fingerprint density at radius 2 is 1.09 bits per heavy atom. The van der Waals surface area contributed by atoms with E-state index >= 15 is 0 Å². The van der Waals surface area contributed by atoms with E-state index in [4.69, 9.17) is 0 Å². The lowest BCUT2D eigenvalue weighted by molar-refractivity contribution is 0.424. The largest absolute Gasteiger partial charge is 0.310 e. The van der Waals surface area contributed by atoms with Crippen LogP contribution in [0, 0.1) is 0 Å². The fraction of sp³-hybridized carbons (Fsp3) is 0.182. The number of anilines is 3. The Hall–Kier alpha value is -5.08. The number of nitrogens with zero attached hydrogens (tertiary/aromatic N) is 2. The van der Waals surface area contributed by atoms with Crippen LogP contribution in [0.25, 0.3) is 38.6 Å². The van der Waals surface area contributed by atoms with Crippen LogP contribution in [0.15, 0.2) is 146 Å². The summed E-state index contributed by atoms with van der Waals surface area (Å²) < 4.78 is 2.39. The lowest BCUT2D eigenvalue weighted by atomic mass is 9.71. The molecular weight excluding hydrogens is 556 g/mol. The Bertz CT molecular complexity index is 2100. The fourth-order valence-corrected chi connectivity index (χ4v) is 8.13. The number of para-hydroxylation sites is 3. The van der Waals surface area contributed by atoms with Crippen LogP contribution in [0.5, 0.6) is 0 Å². The zero-order chi connectivity index (χ0) is 31.1. The molecule has 46 heavy (non-hydrogen) atoms. The van der Waals surface area contributed by atoms with Gasteiger partial charge in [0.05, 0.1) is 11.0 Å². The molecule has 2 nitrogen and oxygen atoms in total. The van der Waals surface area contributed by atoms with Crippen molar-refractivity contribution >= 4 is 38.9 Å². The number of hydrogen-bond donors (Lipinski definition) is 0. The number of aromatic nitrogens is 1. The van der Waals surface area contributed by atoms with E-state index in [1.54, 1.807) is 0 Å². The van der Waals surface area contributed by atoms with Crippen LogP contribution in [0.1, 0.15) is 57.1 Å². The molecule has 0 amide bonds. The summed E-state index contributed by atoms with van der Waals surface area (Å²) in [6.45, 7) is 4.66. The van der Waals surface area contributed by atoms with Crippen molar-refractivity contribution in [3.05, 3.63) is 157 Å². The van der Waals surface area contributed by atoms with Gasteiger partial charge in [-0.15, -0.1) is 0 Å². The Morgan fingerprint density at radius 1 is 0.500 bits per heavy atom. The second kappa shape index (κ2) is 11.7. The summed E-state index contributed by atoms with van der Waals surface area (Å²) in [5, 5.41) is 2.57. The van der Waals surface area contributed by atoms with Gasteiger partial charge in [0.1, 0.15) is 0 Å². The molecule has 1 heterocycles. The molecule has 0 radical (unpaired) electrons. The minimum atomic E-state index is 0.0510. The number of benzene rings is 6. The molecule has 1 aliphatic carbocycles. The summed E-state index contributed by atoms with van der Waals surface area (Å²) in [6.07, 6.45) is 5.94. The van der Waals surface area contributed by atoms with E-state index in [1.807, 2.05) is 0 Å². The average molecular weight is 597 g/mol. The van der Waals surface area contributed by atoms with Crippen molar-refractivity contribution in [1.82, 2.24) is 4.57 Å². The maximum absolute atomic E-state index is 2.51. The molecule has 6 aromatic carbocycles. The smallest absolute Gasteiger partial charge is 0.0541 e. The standard InChI is InChI=1S/C44H40N2/c1-3-5-30-44(29-4-2)40-20-12-9-17-36(40)37-28-27-35(31-41(37)44)45(32-15-7-6-8-16-32)33-23-25-34(26-24-33)46-42-21-13-10-18-38(42)39-19-11-14-22-43(39)46/h6-28,31H,3-5,29-30H2,1-2H3. The van der Waals surface area contributed by atoms with Crippen molar-refractivity contribution in [2.75, 3.05) is 4.90 Å². The average Bonchev–Trinajstić information content (AvgIpc) is 3.59. The lowest BCUT2D eigenvalue weighted by Gasteiger charge is -2.33. The van der Waals surface area contributed by atoms with Gasteiger partial charge in [0.25, 0.3) is 0 Å².